The van der Waals surface area contributed by atoms with Crippen LogP contribution in [0.2, 0.25) is 0 Å². The van der Waals surface area contributed by atoms with E-state index in [1.807, 2.05) is 0 Å². The number of pyridine rings is 1. The van der Waals surface area contributed by atoms with Crippen LogP contribution in [0.1, 0.15) is 45.4 Å². The van der Waals surface area contributed by atoms with Crippen molar-refractivity contribution in [3.63, 3.8) is 0 Å². The van der Waals surface area contributed by atoms with E-state index in [1.165, 1.54) is 31.4 Å². The second-order valence-electron chi connectivity index (χ2n) is 6.23. The van der Waals surface area contributed by atoms with Crippen LogP contribution in [0.25, 0.3) is 0 Å². The molecular formula is C19H31BrN2O2. The Hall–Kier alpha value is -1.36. The smallest absolute Gasteiger partial charge is 0.333 e. The van der Waals surface area contributed by atoms with Gasteiger partial charge in [-0.3, -0.25) is 0 Å². The lowest BCUT2D eigenvalue weighted by molar-refractivity contribution is -0.697. The minimum Gasteiger partial charge on any atom is -1.00 e. The Morgan fingerprint density at radius 3 is 2.17 bits per heavy atom. The Kier molecular flexibility index (Phi) is 12.3. The highest BCUT2D eigenvalue weighted by molar-refractivity contribution is 5.86. The predicted octanol–water partition coefficient (Wildman–Crippen LogP) is 0.504. The van der Waals surface area contributed by atoms with Crippen molar-refractivity contribution in [3.8, 4) is 0 Å². The number of esters is 1. The molecule has 0 aliphatic heterocycles. The molecule has 0 aliphatic rings. The highest BCUT2D eigenvalue weighted by Gasteiger charge is 2.03. The molecule has 1 aromatic heterocycles. The Morgan fingerprint density at radius 1 is 1.08 bits per heavy atom. The Morgan fingerprint density at radius 2 is 1.62 bits per heavy atom. The summed E-state index contributed by atoms with van der Waals surface area (Å²) in [4.78, 5) is 13.3. The molecule has 0 unspecified atom stereocenters. The molecule has 1 aromatic rings. The van der Waals surface area contributed by atoms with Gasteiger partial charge in [0.15, 0.2) is 12.4 Å². The summed E-state index contributed by atoms with van der Waals surface area (Å²) >= 11 is 0. The van der Waals surface area contributed by atoms with Crippen LogP contribution in [0.15, 0.2) is 36.7 Å². The molecule has 0 amide bonds. The van der Waals surface area contributed by atoms with Crippen LogP contribution in [0.5, 0.6) is 0 Å². The van der Waals surface area contributed by atoms with Crippen molar-refractivity contribution in [2.24, 2.45) is 0 Å². The number of unbranched alkanes of at least 4 members (excludes halogenated alkanes) is 5. The van der Waals surface area contributed by atoms with Crippen molar-refractivity contribution in [3.05, 3.63) is 36.7 Å². The van der Waals surface area contributed by atoms with Crippen molar-refractivity contribution in [2.45, 2.75) is 52.0 Å². The Labute approximate surface area is 157 Å². The van der Waals surface area contributed by atoms with Gasteiger partial charge in [0.2, 0.25) is 0 Å². The van der Waals surface area contributed by atoms with Gasteiger partial charge in [0.25, 0.3) is 0 Å². The van der Waals surface area contributed by atoms with E-state index >= 15 is 0 Å². The minimum atomic E-state index is -0.276. The van der Waals surface area contributed by atoms with E-state index in [0.717, 1.165) is 19.4 Å². The number of aryl methyl sites for hydroxylation is 1. The molecule has 0 atom stereocenters. The normalized spacial score (nSPS) is 9.96. The fraction of sp³-hybridized carbons (Fsp3) is 0.579. The van der Waals surface area contributed by atoms with Crippen LogP contribution < -0.4 is 26.4 Å². The number of nitrogens with zero attached hydrogens (tertiary/aromatic N) is 2. The standard InChI is InChI=1S/C19H31N2O2.BrH/c1-17(2)19(22)23-16-10-8-6-5-7-9-13-21-14-11-18(12-15-21)20(3)4;/h11-12,14-15H,1,5-10,13,16H2,2-4H3;1H/q+1;/p-1. The third kappa shape index (κ3) is 9.71. The summed E-state index contributed by atoms with van der Waals surface area (Å²) in [6, 6.07) is 4.29. The van der Waals surface area contributed by atoms with Crippen molar-refractivity contribution in [1.29, 1.82) is 0 Å². The number of ether oxygens (including phenoxy) is 1. The fourth-order valence-corrected chi connectivity index (χ4v) is 2.29. The average molecular weight is 399 g/mol. The van der Waals surface area contributed by atoms with E-state index in [9.17, 15) is 4.79 Å². The fourth-order valence-electron chi connectivity index (χ4n) is 2.29. The molecule has 0 fully saturated rings. The van der Waals surface area contributed by atoms with Crippen molar-refractivity contribution < 1.29 is 31.1 Å². The first-order valence-corrected chi connectivity index (χ1v) is 8.50. The van der Waals surface area contributed by atoms with Crippen LogP contribution in [0.4, 0.5) is 5.69 Å². The molecule has 0 radical (unpaired) electrons. The molecule has 4 nitrogen and oxygen atoms in total. The van der Waals surface area contributed by atoms with Crippen LogP contribution in [0.3, 0.4) is 0 Å². The molecule has 0 spiro atoms. The Balaban J connectivity index is 0.00000529. The molecule has 0 saturated heterocycles. The maximum atomic E-state index is 11.2. The van der Waals surface area contributed by atoms with Crippen LogP contribution >= 0.6 is 0 Å². The van der Waals surface area contributed by atoms with Gasteiger partial charge in [-0.2, -0.15) is 0 Å². The highest BCUT2D eigenvalue weighted by Crippen LogP contribution is 2.08. The molecule has 5 heteroatoms. The molecule has 0 aliphatic carbocycles. The zero-order valence-electron chi connectivity index (χ0n) is 15.3. The third-order valence-electron chi connectivity index (χ3n) is 3.78. The molecule has 0 saturated carbocycles. The second-order valence-corrected chi connectivity index (χ2v) is 6.23. The summed E-state index contributed by atoms with van der Waals surface area (Å²) in [6.07, 6.45) is 11.2. The lowest BCUT2D eigenvalue weighted by Crippen LogP contribution is -3.00. The minimum absolute atomic E-state index is 0. The van der Waals surface area contributed by atoms with Gasteiger partial charge in [0, 0.05) is 43.9 Å². The summed E-state index contributed by atoms with van der Waals surface area (Å²) < 4.78 is 7.31. The predicted molar refractivity (Wildman–Crippen MR) is 94.4 cm³/mol. The van der Waals surface area contributed by atoms with E-state index in [0.29, 0.717) is 12.2 Å². The SMILES string of the molecule is C=C(C)C(=O)OCCCCCCCC[n+]1ccc(N(C)C)cc1.[Br-]. The van der Waals surface area contributed by atoms with Gasteiger partial charge in [0.1, 0.15) is 6.54 Å². The summed E-state index contributed by atoms with van der Waals surface area (Å²) in [5.74, 6) is -0.276. The highest BCUT2D eigenvalue weighted by atomic mass is 79.9. The maximum Gasteiger partial charge on any atom is 0.333 e. The number of halogens is 1. The first-order chi connectivity index (χ1) is 11.0. The van der Waals surface area contributed by atoms with Crippen LogP contribution in [-0.4, -0.2) is 26.7 Å². The van der Waals surface area contributed by atoms with Crippen LogP contribution in [-0.2, 0) is 16.1 Å². The monoisotopic (exact) mass is 398 g/mol. The number of hydrogen-bond donors (Lipinski definition) is 0. The van der Waals surface area contributed by atoms with Gasteiger partial charge >= 0.3 is 5.97 Å². The molecular weight excluding hydrogens is 368 g/mol. The average Bonchev–Trinajstić information content (AvgIpc) is 2.53. The van der Waals surface area contributed by atoms with Gasteiger partial charge in [-0.25, -0.2) is 9.36 Å². The quantitative estimate of drug-likeness (QED) is 0.235. The van der Waals surface area contributed by atoms with E-state index in [1.54, 1.807) is 6.92 Å². The molecule has 136 valence electrons. The van der Waals surface area contributed by atoms with Crippen LogP contribution in [0, 0.1) is 0 Å². The summed E-state index contributed by atoms with van der Waals surface area (Å²) in [5.41, 5.74) is 1.70. The number of carbonyl (C=O) groups excluding carboxylic acids is 1. The number of rotatable bonds is 11. The zero-order chi connectivity index (χ0) is 17.1. The van der Waals surface area contributed by atoms with Gasteiger partial charge in [0.05, 0.1) is 6.61 Å². The summed E-state index contributed by atoms with van der Waals surface area (Å²) in [6.45, 7) is 6.83. The van der Waals surface area contributed by atoms with Gasteiger partial charge in [-0.1, -0.05) is 25.8 Å². The van der Waals surface area contributed by atoms with Crippen molar-refractivity contribution in [2.75, 3.05) is 25.6 Å². The number of carbonyl (C=O) groups is 1. The van der Waals surface area contributed by atoms with Gasteiger partial charge in [-0.15, -0.1) is 0 Å². The largest absolute Gasteiger partial charge is 1.00 e. The van der Waals surface area contributed by atoms with Gasteiger partial charge in [-0.05, 0) is 19.8 Å². The lowest BCUT2D eigenvalue weighted by Gasteiger charge is -2.10. The first kappa shape index (κ1) is 22.6. The van der Waals surface area contributed by atoms with E-state index < -0.39 is 0 Å². The molecule has 0 bridgehead atoms. The molecule has 1 rings (SSSR count). The number of aromatic nitrogens is 1. The summed E-state index contributed by atoms with van der Waals surface area (Å²) in [7, 11) is 4.11. The van der Waals surface area contributed by atoms with E-state index in [-0.39, 0.29) is 23.0 Å². The van der Waals surface area contributed by atoms with Gasteiger partial charge < -0.3 is 26.6 Å². The molecule has 0 aromatic carbocycles. The number of hydrogen-bond acceptors (Lipinski definition) is 3. The summed E-state index contributed by atoms with van der Waals surface area (Å²) in [5, 5.41) is 0. The second kappa shape index (κ2) is 13.0. The van der Waals surface area contributed by atoms with E-state index in [4.69, 9.17) is 4.74 Å². The maximum absolute atomic E-state index is 11.2. The first-order valence-electron chi connectivity index (χ1n) is 8.50. The van der Waals surface area contributed by atoms with E-state index in [2.05, 4.69) is 54.7 Å². The number of anilines is 1. The lowest BCUT2D eigenvalue weighted by atomic mass is 10.1. The Bertz CT molecular complexity index is 487. The molecule has 24 heavy (non-hydrogen) atoms. The zero-order valence-corrected chi connectivity index (χ0v) is 16.8. The third-order valence-corrected chi connectivity index (χ3v) is 3.78. The molecule has 0 N–H and O–H groups in total. The van der Waals surface area contributed by atoms with Crippen molar-refractivity contribution in [1.82, 2.24) is 0 Å². The van der Waals surface area contributed by atoms with Crippen molar-refractivity contribution >= 4 is 11.7 Å². The topological polar surface area (TPSA) is 33.4 Å². The molecule has 1 heterocycles.